The number of carbonyl (C=O) groups excluding carboxylic acids is 1. The van der Waals surface area contributed by atoms with Gasteiger partial charge in [0, 0.05) is 31.7 Å². The summed E-state index contributed by atoms with van der Waals surface area (Å²) < 4.78 is 5.52. The van der Waals surface area contributed by atoms with Gasteiger partial charge in [0.2, 0.25) is 17.6 Å². The fourth-order valence-electron chi connectivity index (χ4n) is 4.48. The van der Waals surface area contributed by atoms with E-state index in [9.17, 15) is 4.79 Å². The number of amides is 1. The third kappa shape index (κ3) is 5.31. The summed E-state index contributed by atoms with van der Waals surface area (Å²) in [5.74, 6) is 1.42. The lowest BCUT2D eigenvalue weighted by Gasteiger charge is -2.38. The quantitative estimate of drug-likeness (QED) is 0.524. The van der Waals surface area contributed by atoms with Crippen molar-refractivity contribution in [2.24, 2.45) is 0 Å². The van der Waals surface area contributed by atoms with E-state index in [0.717, 1.165) is 42.9 Å². The molecule has 174 valence electrons. The molecule has 1 aliphatic heterocycles. The lowest BCUT2D eigenvalue weighted by Crippen LogP contribution is -2.51. The Labute approximate surface area is 196 Å². The Morgan fingerprint density at radius 1 is 1.00 bits per heavy atom. The molecule has 33 heavy (non-hydrogen) atoms. The Bertz CT molecular complexity index is 1040. The molecular weight excluding hydrogens is 414 g/mol. The van der Waals surface area contributed by atoms with Crippen LogP contribution in [-0.4, -0.2) is 70.0 Å². The predicted octanol–water partition coefficient (Wildman–Crippen LogP) is 3.77. The van der Waals surface area contributed by atoms with Crippen molar-refractivity contribution in [3.8, 4) is 11.4 Å². The third-order valence-electron chi connectivity index (χ3n) is 6.42. The first kappa shape index (κ1) is 23.1. The van der Waals surface area contributed by atoms with Crippen molar-refractivity contribution in [1.29, 1.82) is 0 Å². The van der Waals surface area contributed by atoms with Crippen LogP contribution in [0.1, 0.15) is 36.9 Å². The minimum absolute atomic E-state index is 0.184. The van der Waals surface area contributed by atoms with Gasteiger partial charge in [-0.3, -0.25) is 14.6 Å². The molecule has 2 aromatic carbocycles. The highest BCUT2D eigenvalue weighted by Gasteiger charge is 2.32. The lowest BCUT2D eigenvalue weighted by atomic mass is 10.0. The molecule has 0 bridgehead atoms. The van der Waals surface area contributed by atoms with Crippen LogP contribution < -0.4 is 0 Å². The van der Waals surface area contributed by atoms with E-state index in [-0.39, 0.29) is 11.9 Å². The van der Waals surface area contributed by atoms with Crippen LogP contribution in [0.15, 0.2) is 59.1 Å². The zero-order valence-electron chi connectivity index (χ0n) is 19.8. The summed E-state index contributed by atoms with van der Waals surface area (Å²) in [7, 11) is 0. The van der Waals surface area contributed by atoms with Gasteiger partial charge in [-0.05, 0) is 31.1 Å². The normalized spacial score (nSPS) is 15.7. The molecule has 1 unspecified atom stereocenters. The highest BCUT2D eigenvalue weighted by atomic mass is 16.5. The summed E-state index contributed by atoms with van der Waals surface area (Å²) in [6.45, 7) is 11.5. The van der Waals surface area contributed by atoms with Gasteiger partial charge in [0.1, 0.15) is 6.04 Å². The second kappa shape index (κ2) is 10.7. The monoisotopic (exact) mass is 447 g/mol. The van der Waals surface area contributed by atoms with Gasteiger partial charge in [0.05, 0.1) is 6.54 Å². The van der Waals surface area contributed by atoms with Gasteiger partial charge >= 0.3 is 0 Å². The fourth-order valence-corrected chi connectivity index (χ4v) is 4.48. The molecule has 1 aliphatic rings. The second-order valence-electron chi connectivity index (χ2n) is 8.46. The van der Waals surface area contributed by atoms with Crippen molar-refractivity contribution in [3.63, 3.8) is 0 Å². The summed E-state index contributed by atoms with van der Waals surface area (Å²) in [4.78, 5) is 24.6. The number of carbonyl (C=O) groups is 1. The average Bonchev–Trinajstić information content (AvgIpc) is 3.31. The highest BCUT2D eigenvalue weighted by molar-refractivity contribution is 5.83. The number of nitrogens with zero attached hydrogens (tertiary/aromatic N) is 5. The summed E-state index contributed by atoms with van der Waals surface area (Å²) in [6, 6.07) is 17.9. The number of rotatable bonds is 8. The number of aryl methyl sites for hydroxylation is 1. The van der Waals surface area contributed by atoms with Crippen LogP contribution in [0.5, 0.6) is 0 Å². The molecule has 7 heteroatoms. The first-order valence-electron chi connectivity index (χ1n) is 11.8. The Kier molecular flexibility index (Phi) is 7.52. The van der Waals surface area contributed by atoms with Gasteiger partial charge in [0.15, 0.2) is 0 Å². The van der Waals surface area contributed by atoms with E-state index in [4.69, 9.17) is 4.52 Å². The van der Waals surface area contributed by atoms with Crippen molar-refractivity contribution >= 4 is 5.91 Å². The van der Waals surface area contributed by atoms with Crippen LogP contribution in [-0.2, 0) is 11.3 Å². The van der Waals surface area contributed by atoms with E-state index >= 15 is 0 Å². The molecule has 1 atom stereocenters. The molecule has 0 radical (unpaired) electrons. The Balaban J connectivity index is 1.38. The fraction of sp³-hybridized carbons (Fsp3) is 0.423. The third-order valence-corrected chi connectivity index (χ3v) is 6.42. The standard InChI is InChI=1S/C26H33N5O2/c1-4-30(5-2)24(21-12-7-6-8-13-21)26(32)31-17-15-29(16-18-31)19-23-27-25(28-33-23)22-14-10-9-11-20(22)3/h6-14,24H,4-5,15-19H2,1-3H3. The van der Waals surface area contributed by atoms with Gasteiger partial charge in [-0.25, -0.2) is 0 Å². The summed E-state index contributed by atoms with van der Waals surface area (Å²) in [5.41, 5.74) is 3.17. The molecule has 7 nitrogen and oxygen atoms in total. The SMILES string of the molecule is CCN(CC)C(C(=O)N1CCN(Cc2nc(-c3ccccc3C)no2)CC1)c1ccccc1. The molecule has 0 saturated carbocycles. The number of hydrogen-bond donors (Lipinski definition) is 0. The van der Waals surface area contributed by atoms with E-state index in [0.29, 0.717) is 31.3 Å². The number of aromatic nitrogens is 2. The first-order valence-corrected chi connectivity index (χ1v) is 11.8. The van der Waals surface area contributed by atoms with E-state index in [2.05, 4.69) is 45.9 Å². The summed E-state index contributed by atoms with van der Waals surface area (Å²) in [5, 5.41) is 4.17. The topological polar surface area (TPSA) is 65.7 Å². The van der Waals surface area contributed by atoms with E-state index < -0.39 is 0 Å². The highest BCUT2D eigenvalue weighted by Crippen LogP contribution is 2.24. The van der Waals surface area contributed by atoms with Crippen molar-refractivity contribution in [2.45, 2.75) is 33.4 Å². The lowest BCUT2D eigenvalue weighted by molar-refractivity contribution is -0.139. The maximum absolute atomic E-state index is 13.5. The Hall–Kier alpha value is -3.03. The van der Waals surface area contributed by atoms with Crippen LogP contribution in [0.4, 0.5) is 0 Å². The molecule has 0 spiro atoms. The van der Waals surface area contributed by atoms with Crippen LogP contribution >= 0.6 is 0 Å². The van der Waals surface area contributed by atoms with Crippen molar-refractivity contribution in [2.75, 3.05) is 39.3 Å². The molecule has 1 fully saturated rings. The van der Waals surface area contributed by atoms with Gasteiger partial charge in [-0.1, -0.05) is 73.6 Å². The van der Waals surface area contributed by atoms with Crippen molar-refractivity contribution in [1.82, 2.24) is 24.8 Å². The minimum Gasteiger partial charge on any atom is -0.338 e. The molecular formula is C26H33N5O2. The van der Waals surface area contributed by atoms with Crippen molar-refractivity contribution in [3.05, 3.63) is 71.6 Å². The van der Waals surface area contributed by atoms with E-state index in [1.807, 2.05) is 54.3 Å². The van der Waals surface area contributed by atoms with E-state index in [1.165, 1.54) is 0 Å². The van der Waals surface area contributed by atoms with Gasteiger partial charge in [0.25, 0.3) is 0 Å². The van der Waals surface area contributed by atoms with Crippen molar-refractivity contribution < 1.29 is 9.32 Å². The predicted molar refractivity (Wildman–Crippen MR) is 128 cm³/mol. The number of likely N-dealkylation sites (N-methyl/N-ethyl adjacent to an activating group) is 1. The molecule has 1 aromatic heterocycles. The summed E-state index contributed by atoms with van der Waals surface area (Å²) >= 11 is 0. The minimum atomic E-state index is -0.236. The molecule has 1 saturated heterocycles. The number of benzene rings is 2. The summed E-state index contributed by atoms with van der Waals surface area (Å²) in [6.07, 6.45) is 0. The average molecular weight is 448 g/mol. The molecule has 2 heterocycles. The maximum Gasteiger partial charge on any atom is 0.244 e. The van der Waals surface area contributed by atoms with Gasteiger partial charge < -0.3 is 9.42 Å². The Morgan fingerprint density at radius 2 is 1.67 bits per heavy atom. The molecule has 0 N–H and O–H groups in total. The molecule has 3 aromatic rings. The second-order valence-corrected chi connectivity index (χ2v) is 8.46. The Morgan fingerprint density at radius 3 is 2.33 bits per heavy atom. The van der Waals surface area contributed by atoms with Crippen LogP contribution in [0.2, 0.25) is 0 Å². The largest absolute Gasteiger partial charge is 0.338 e. The van der Waals surface area contributed by atoms with Crippen LogP contribution in [0.25, 0.3) is 11.4 Å². The van der Waals surface area contributed by atoms with E-state index in [1.54, 1.807) is 0 Å². The smallest absolute Gasteiger partial charge is 0.244 e. The van der Waals surface area contributed by atoms with Gasteiger partial charge in [-0.2, -0.15) is 4.98 Å². The van der Waals surface area contributed by atoms with Crippen LogP contribution in [0.3, 0.4) is 0 Å². The number of piperazine rings is 1. The molecule has 0 aliphatic carbocycles. The van der Waals surface area contributed by atoms with Gasteiger partial charge in [-0.15, -0.1) is 0 Å². The first-order chi connectivity index (χ1) is 16.1. The zero-order valence-corrected chi connectivity index (χ0v) is 19.8. The number of hydrogen-bond acceptors (Lipinski definition) is 6. The zero-order chi connectivity index (χ0) is 23.2. The molecule has 4 rings (SSSR count). The maximum atomic E-state index is 13.5. The van der Waals surface area contributed by atoms with Crippen LogP contribution in [0, 0.1) is 6.92 Å². The molecule has 1 amide bonds.